The van der Waals surface area contributed by atoms with Crippen LogP contribution < -0.4 is 10.6 Å². The Morgan fingerprint density at radius 2 is 1.81 bits per heavy atom. The van der Waals surface area contributed by atoms with E-state index in [2.05, 4.69) is 76.3 Å². The van der Waals surface area contributed by atoms with Gasteiger partial charge in [-0.05, 0) is 16.7 Å². The average molecular weight is 277 g/mol. The molecule has 106 valence electrons. The van der Waals surface area contributed by atoms with Crippen molar-refractivity contribution in [2.45, 2.75) is 6.54 Å². The molecule has 0 bridgehead atoms. The van der Waals surface area contributed by atoms with Crippen LogP contribution in [0.5, 0.6) is 0 Å². The zero-order chi connectivity index (χ0) is 14.3. The highest BCUT2D eigenvalue weighted by Crippen LogP contribution is 2.13. The molecule has 2 aromatic rings. The van der Waals surface area contributed by atoms with Crippen molar-refractivity contribution in [1.82, 2.24) is 10.6 Å². The number of aliphatic imine (C=N–C) groups is 1. The molecule has 0 amide bonds. The SMILES string of the molecule is C(=C\c1ccccc1CNC1=NCCN1)/c1ccccc1. The molecule has 2 aromatic carbocycles. The molecule has 0 unspecified atom stereocenters. The molecule has 0 spiro atoms. The predicted octanol–water partition coefficient (Wildman–Crippen LogP) is 2.91. The van der Waals surface area contributed by atoms with Gasteiger partial charge in [-0.1, -0.05) is 66.7 Å². The van der Waals surface area contributed by atoms with Crippen LogP contribution in [0.3, 0.4) is 0 Å². The van der Waals surface area contributed by atoms with Crippen LogP contribution >= 0.6 is 0 Å². The molecule has 0 aromatic heterocycles. The van der Waals surface area contributed by atoms with Crippen LogP contribution in [0.15, 0.2) is 59.6 Å². The Hall–Kier alpha value is -2.55. The summed E-state index contributed by atoms with van der Waals surface area (Å²) >= 11 is 0. The van der Waals surface area contributed by atoms with Gasteiger partial charge in [0.25, 0.3) is 0 Å². The fraction of sp³-hybridized carbons (Fsp3) is 0.167. The van der Waals surface area contributed by atoms with E-state index < -0.39 is 0 Å². The third-order valence-electron chi connectivity index (χ3n) is 3.43. The van der Waals surface area contributed by atoms with Crippen LogP contribution in [0.1, 0.15) is 16.7 Å². The summed E-state index contributed by atoms with van der Waals surface area (Å²) in [7, 11) is 0. The van der Waals surface area contributed by atoms with E-state index in [1.165, 1.54) is 16.7 Å². The van der Waals surface area contributed by atoms with Crippen LogP contribution in [-0.2, 0) is 6.54 Å². The zero-order valence-electron chi connectivity index (χ0n) is 11.9. The highest BCUT2D eigenvalue weighted by atomic mass is 15.2. The molecule has 0 saturated carbocycles. The molecule has 2 N–H and O–H groups in total. The fourth-order valence-electron chi connectivity index (χ4n) is 2.30. The molecule has 0 saturated heterocycles. The van der Waals surface area contributed by atoms with E-state index in [0.29, 0.717) is 0 Å². The summed E-state index contributed by atoms with van der Waals surface area (Å²) in [5, 5.41) is 6.57. The molecule has 1 heterocycles. The smallest absolute Gasteiger partial charge is 0.191 e. The van der Waals surface area contributed by atoms with Crippen molar-refractivity contribution in [2.24, 2.45) is 4.99 Å². The molecular weight excluding hydrogens is 258 g/mol. The van der Waals surface area contributed by atoms with Crippen LogP contribution in [0, 0.1) is 0 Å². The average Bonchev–Trinajstić information content (AvgIpc) is 3.06. The second-order valence-electron chi connectivity index (χ2n) is 4.95. The number of guanidine groups is 1. The summed E-state index contributed by atoms with van der Waals surface area (Å²) in [5.41, 5.74) is 3.70. The molecule has 0 aliphatic carbocycles. The Kier molecular flexibility index (Phi) is 4.32. The monoisotopic (exact) mass is 277 g/mol. The maximum absolute atomic E-state index is 4.35. The summed E-state index contributed by atoms with van der Waals surface area (Å²) < 4.78 is 0. The molecule has 1 aliphatic heterocycles. The van der Waals surface area contributed by atoms with Gasteiger partial charge in [0.05, 0.1) is 6.54 Å². The van der Waals surface area contributed by atoms with Gasteiger partial charge in [-0.2, -0.15) is 0 Å². The second kappa shape index (κ2) is 6.75. The fourth-order valence-corrected chi connectivity index (χ4v) is 2.30. The molecule has 1 aliphatic rings. The maximum Gasteiger partial charge on any atom is 0.191 e. The first-order valence-electron chi connectivity index (χ1n) is 7.25. The summed E-state index contributed by atoms with van der Waals surface area (Å²) in [4.78, 5) is 4.35. The van der Waals surface area contributed by atoms with Gasteiger partial charge in [-0.25, -0.2) is 0 Å². The van der Waals surface area contributed by atoms with Crippen molar-refractivity contribution in [2.75, 3.05) is 13.1 Å². The summed E-state index contributed by atoms with van der Waals surface area (Å²) in [6.45, 7) is 2.57. The van der Waals surface area contributed by atoms with Crippen molar-refractivity contribution in [3.8, 4) is 0 Å². The lowest BCUT2D eigenvalue weighted by atomic mass is 10.1. The molecule has 0 radical (unpaired) electrons. The van der Waals surface area contributed by atoms with Gasteiger partial charge in [0, 0.05) is 13.1 Å². The van der Waals surface area contributed by atoms with Crippen molar-refractivity contribution in [3.63, 3.8) is 0 Å². The Morgan fingerprint density at radius 1 is 1.00 bits per heavy atom. The Bertz CT molecular complexity index is 645. The minimum Gasteiger partial charge on any atom is -0.355 e. The zero-order valence-corrected chi connectivity index (χ0v) is 11.9. The van der Waals surface area contributed by atoms with E-state index in [1.54, 1.807) is 0 Å². The number of hydrogen-bond donors (Lipinski definition) is 2. The minimum absolute atomic E-state index is 0.779. The largest absolute Gasteiger partial charge is 0.355 e. The highest BCUT2D eigenvalue weighted by Gasteiger charge is 2.05. The summed E-state index contributed by atoms with van der Waals surface area (Å²) in [5.74, 6) is 0.900. The van der Waals surface area contributed by atoms with E-state index >= 15 is 0 Å². The van der Waals surface area contributed by atoms with E-state index in [0.717, 1.165) is 25.6 Å². The van der Waals surface area contributed by atoms with Crippen molar-refractivity contribution in [1.29, 1.82) is 0 Å². The summed E-state index contributed by atoms with van der Waals surface area (Å²) in [6, 6.07) is 18.8. The molecule has 21 heavy (non-hydrogen) atoms. The van der Waals surface area contributed by atoms with Crippen LogP contribution in [0.4, 0.5) is 0 Å². The lowest BCUT2D eigenvalue weighted by molar-refractivity contribution is 0.866. The topological polar surface area (TPSA) is 36.4 Å². The first-order chi connectivity index (χ1) is 10.4. The Balaban J connectivity index is 1.71. The highest BCUT2D eigenvalue weighted by molar-refractivity contribution is 5.81. The van der Waals surface area contributed by atoms with Gasteiger partial charge < -0.3 is 10.6 Å². The van der Waals surface area contributed by atoms with Gasteiger partial charge in [-0.3, -0.25) is 4.99 Å². The van der Waals surface area contributed by atoms with Gasteiger partial charge in [0.1, 0.15) is 0 Å². The molecule has 3 rings (SSSR count). The molecule has 0 fully saturated rings. The van der Waals surface area contributed by atoms with E-state index in [4.69, 9.17) is 0 Å². The number of benzene rings is 2. The maximum atomic E-state index is 4.35. The number of nitrogens with one attached hydrogen (secondary N) is 2. The van der Waals surface area contributed by atoms with Gasteiger partial charge >= 0.3 is 0 Å². The quantitative estimate of drug-likeness (QED) is 0.843. The first-order valence-corrected chi connectivity index (χ1v) is 7.25. The molecule has 3 nitrogen and oxygen atoms in total. The van der Waals surface area contributed by atoms with Gasteiger partial charge in [0.15, 0.2) is 5.96 Å². The van der Waals surface area contributed by atoms with E-state index in [-0.39, 0.29) is 0 Å². The third-order valence-corrected chi connectivity index (χ3v) is 3.43. The molecule has 3 heteroatoms. The normalized spacial score (nSPS) is 14.0. The van der Waals surface area contributed by atoms with Crippen LogP contribution in [-0.4, -0.2) is 19.0 Å². The summed E-state index contributed by atoms with van der Waals surface area (Å²) in [6.07, 6.45) is 4.31. The third kappa shape index (κ3) is 3.72. The lowest BCUT2D eigenvalue weighted by Crippen LogP contribution is -2.33. The Labute approximate surface area is 125 Å². The van der Waals surface area contributed by atoms with Gasteiger partial charge in [-0.15, -0.1) is 0 Å². The number of hydrogen-bond acceptors (Lipinski definition) is 3. The standard InChI is InChI=1S/C18H19N3/c1-2-6-15(7-3-1)10-11-16-8-4-5-9-17(16)14-21-18-19-12-13-20-18/h1-11H,12-14H2,(H2,19,20,21)/b11-10+. The minimum atomic E-state index is 0.779. The van der Waals surface area contributed by atoms with E-state index in [9.17, 15) is 0 Å². The Morgan fingerprint density at radius 3 is 2.62 bits per heavy atom. The lowest BCUT2D eigenvalue weighted by Gasteiger charge is -2.09. The van der Waals surface area contributed by atoms with Crippen LogP contribution in [0.25, 0.3) is 12.2 Å². The molecule has 0 atom stereocenters. The number of nitrogens with zero attached hydrogens (tertiary/aromatic N) is 1. The molecular formula is C18H19N3. The van der Waals surface area contributed by atoms with Crippen LogP contribution in [0.2, 0.25) is 0 Å². The second-order valence-corrected chi connectivity index (χ2v) is 4.95. The predicted molar refractivity (Wildman–Crippen MR) is 89.0 cm³/mol. The number of rotatable bonds is 4. The van der Waals surface area contributed by atoms with E-state index in [1.807, 2.05) is 6.07 Å². The van der Waals surface area contributed by atoms with Crippen molar-refractivity contribution >= 4 is 18.1 Å². The van der Waals surface area contributed by atoms with Gasteiger partial charge in [0.2, 0.25) is 0 Å². The first kappa shape index (κ1) is 13.4. The van der Waals surface area contributed by atoms with Crippen molar-refractivity contribution in [3.05, 3.63) is 71.3 Å². The van der Waals surface area contributed by atoms with Crippen molar-refractivity contribution < 1.29 is 0 Å².